The molecule has 0 radical (unpaired) electrons. The third-order valence-corrected chi connectivity index (χ3v) is 1.82. The highest BCUT2D eigenvalue weighted by Gasteiger charge is 2.02. The van der Waals surface area contributed by atoms with E-state index >= 15 is 0 Å². The number of aliphatic hydroxyl groups excluding tert-OH is 1. The van der Waals surface area contributed by atoms with Crippen molar-refractivity contribution in [3.63, 3.8) is 0 Å². The number of halogens is 1. The average molecular weight is 217 g/mol. The number of nitrogens with two attached hydrogens (primary N) is 1. The van der Waals surface area contributed by atoms with Gasteiger partial charge < -0.3 is 16.2 Å². The van der Waals surface area contributed by atoms with Crippen LogP contribution in [-0.4, -0.2) is 27.7 Å². The molecule has 0 saturated heterocycles. The lowest BCUT2D eigenvalue weighted by atomic mass is 10.3. The number of nitrogens with one attached hydrogen (secondary N) is 1. The Morgan fingerprint density at radius 3 is 3.07 bits per heavy atom. The van der Waals surface area contributed by atoms with E-state index in [1.807, 2.05) is 0 Å². The van der Waals surface area contributed by atoms with Gasteiger partial charge in [-0.1, -0.05) is 0 Å². The van der Waals surface area contributed by atoms with Crippen molar-refractivity contribution in [3.8, 4) is 0 Å². The molecule has 6 heteroatoms. The molecule has 0 bridgehead atoms. The molecule has 1 aromatic heterocycles. The molecule has 0 fully saturated rings. The van der Waals surface area contributed by atoms with Crippen molar-refractivity contribution in [1.29, 1.82) is 0 Å². The Kier molecular flexibility index (Phi) is 3.91. The third kappa shape index (κ3) is 3.35. The van der Waals surface area contributed by atoms with Gasteiger partial charge in [0.15, 0.2) is 5.82 Å². The number of rotatable bonds is 4. The summed E-state index contributed by atoms with van der Waals surface area (Å²) in [6.07, 6.45) is 1.72. The van der Waals surface area contributed by atoms with Crippen LogP contribution < -0.4 is 11.1 Å². The first-order valence-electron chi connectivity index (χ1n) is 4.29. The summed E-state index contributed by atoms with van der Waals surface area (Å²) in [5.74, 6) is 0.505. The third-order valence-electron chi connectivity index (χ3n) is 1.64. The molecule has 5 nitrogen and oxygen atoms in total. The molecule has 0 aliphatic rings. The topological polar surface area (TPSA) is 84.1 Å². The van der Waals surface area contributed by atoms with Crippen molar-refractivity contribution in [1.82, 2.24) is 9.97 Å². The molecule has 0 aliphatic heterocycles. The molecule has 0 aromatic carbocycles. The van der Waals surface area contributed by atoms with Crippen molar-refractivity contribution >= 4 is 23.1 Å². The highest BCUT2D eigenvalue weighted by molar-refractivity contribution is 6.28. The Hall–Kier alpha value is -1.07. The molecule has 1 heterocycles. The van der Waals surface area contributed by atoms with Gasteiger partial charge in [-0.3, -0.25) is 0 Å². The Morgan fingerprint density at radius 1 is 1.71 bits per heavy atom. The molecule has 4 N–H and O–H groups in total. The van der Waals surface area contributed by atoms with Crippen molar-refractivity contribution < 1.29 is 5.11 Å². The Balaban J connectivity index is 2.53. The second kappa shape index (κ2) is 4.97. The predicted molar refractivity (Wildman–Crippen MR) is 56.2 cm³/mol. The molecular formula is C8H13ClN4O. The van der Waals surface area contributed by atoms with Gasteiger partial charge in [0.2, 0.25) is 5.28 Å². The van der Waals surface area contributed by atoms with Crippen LogP contribution in [0.25, 0.3) is 0 Å². The zero-order valence-electron chi connectivity index (χ0n) is 7.87. The summed E-state index contributed by atoms with van der Waals surface area (Å²) < 4.78 is 0. The second-order valence-electron chi connectivity index (χ2n) is 3.01. The zero-order valence-corrected chi connectivity index (χ0v) is 8.62. The fraction of sp³-hybridized carbons (Fsp3) is 0.500. The van der Waals surface area contributed by atoms with Gasteiger partial charge >= 0.3 is 0 Å². The van der Waals surface area contributed by atoms with Gasteiger partial charge in [0.05, 0.1) is 18.0 Å². The summed E-state index contributed by atoms with van der Waals surface area (Å²) in [6, 6.07) is 0. The zero-order chi connectivity index (χ0) is 10.6. The fourth-order valence-electron chi connectivity index (χ4n) is 0.911. The molecule has 1 rings (SSSR count). The number of hydrogen-bond donors (Lipinski definition) is 3. The van der Waals surface area contributed by atoms with E-state index in [1.165, 1.54) is 6.20 Å². The Bertz CT molecular complexity index is 305. The lowest BCUT2D eigenvalue weighted by Crippen LogP contribution is -2.12. The summed E-state index contributed by atoms with van der Waals surface area (Å²) in [4.78, 5) is 7.63. The van der Waals surface area contributed by atoms with Crippen molar-refractivity contribution in [2.75, 3.05) is 17.6 Å². The van der Waals surface area contributed by atoms with Crippen LogP contribution in [0.3, 0.4) is 0 Å². The van der Waals surface area contributed by atoms with E-state index in [4.69, 9.17) is 22.4 Å². The van der Waals surface area contributed by atoms with Crippen LogP contribution in [0.15, 0.2) is 6.20 Å². The van der Waals surface area contributed by atoms with Crippen LogP contribution in [0.5, 0.6) is 0 Å². The van der Waals surface area contributed by atoms with Gasteiger partial charge in [-0.25, -0.2) is 4.98 Å². The monoisotopic (exact) mass is 216 g/mol. The normalized spacial score (nSPS) is 12.5. The van der Waals surface area contributed by atoms with E-state index in [0.717, 1.165) is 0 Å². The first kappa shape index (κ1) is 11.0. The first-order chi connectivity index (χ1) is 6.59. The van der Waals surface area contributed by atoms with E-state index in [0.29, 0.717) is 24.5 Å². The van der Waals surface area contributed by atoms with E-state index in [9.17, 15) is 0 Å². The summed E-state index contributed by atoms with van der Waals surface area (Å²) in [6.45, 7) is 2.31. The number of aliphatic hydroxyl groups is 1. The van der Waals surface area contributed by atoms with Crippen LogP contribution in [0.4, 0.5) is 11.5 Å². The molecule has 0 spiro atoms. The summed E-state index contributed by atoms with van der Waals surface area (Å²) in [7, 11) is 0. The molecule has 0 amide bonds. The fourth-order valence-corrected chi connectivity index (χ4v) is 1.04. The average Bonchev–Trinajstić information content (AvgIpc) is 2.10. The SMILES string of the molecule is CC(O)CCNc1nc(Cl)ncc1N. The van der Waals surface area contributed by atoms with Crippen molar-refractivity contribution in [2.45, 2.75) is 19.4 Å². The summed E-state index contributed by atoms with van der Waals surface area (Å²) >= 11 is 5.59. The van der Waals surface area contributed by atoms with Gasteiger partial charge in [-0.2, -0.15) is 4.98 Å². The standard InChI is InChI=1S/C8H13ClN4O/c1-5(14)2-3-11-7-6(10)4-12-8(9)13-7/h4-5,14H,2-3,10H2,1H3,(H,11,12,13). The Labute approximate surface area is 87.3 Å². The maximum Gasteiger partial charge on any atom is 0.224 e. The van der Waals surface area contributed by atoms with Crippen LogP contribution in [-0.2, 0) is 0 Å². The van der Waals surface area contributed by atoms with Crippen LogP contribution >= 0.6 is 11.6 Å². The van der Waals surface area contributed by atoms with Crippen LogP contribution in [0.1, 0.15) is 13.3 Å². The van der Waals surface area contributed by atoms with Crippen LogP contribution in [0, 0.1) is 0 Å². The highest BCUT2D eigenvalue weighted by Crippen LogP contribution is 2.15. The molecule has 14 heavy (non-hydrogen) atoms. The first-order valence-corrected chi connectivity index (χ1v) is 4.67. The summed E-state index contributed by atoms with van der Waals surface area (Å²) in [5.41, 5.74) is 6.04. The molecular weight excluding hydrogens is 204 g/mol. The van der Waals surface area contributed by atoms with Gasteiger partial charge in [0.1, 0.15) is 0 Å². The minimum atomic E-state index is -0.346. The lowest BCUT2D eigenvalue weighted by Gasteiger charge is -2.08. The molecule has 1 unspecified atom stereocenters. The molecule has 78 valence electrons. The van der Waals surface area contributed by atoms with E-state index in [1.54, 1.807) is 6.92 Å². The van der Waals surface area contributed by atoms with Gasteiger partial charge in [-0.05, 0) is 24.9 Å². The van der Waals surface area contributed by atoms with E-state index in [2.05, 4.69) is 15.3 Å². The maximum absolute atomic E-state index is 9.02. The van der Waals surface area contributed by atoms with Gasteiger partial charge in [0, 0.05) is 6.54 Å². The number of hydrogen-bond acceptors (Lipinski definition) is 5. The lowest BCUT2D eigenvalue weighted by molar-refractivity contribution is 0.188. The van der Waals surface area contributed by atoms with E-state index < -0.39 is 0 Å². The molecule has 1 aromatic rings. The quantitative estimate of drug-likeness (QED) is 0.652. The second-order valence-corrected chi connectivity index (χ2v) is 3.35. The minimum absolute atomic E-state index is 0.152. The largest absolute Gasteiger partial charge is 0.394 e. The number of nitrogens with zero attached hydrogens (tertiary/aromatic N) is 2. The highest BCUT2D eigenvalue weighted by atomic mass is 35.5. The predicted octanol–water partition coefficient (Wildman–Crippen LogP) is 0.895. The molecule has 0 saturated carbocycles. The Morgan fingerprint density at radius 2 is 2.43 bits per heavy atom. The maximum atomic E-state index is 9.02. The van der Waals surface area contributed by atoms with Gasteiger partial charge in [-0.15, -0.1) is 0 Å². The number of aromatic nitrogens is 2. The van der Waals surface area contributed by atoms with Gasteiger partial charge in [0.25, 0.3) is 0 Å². The van der Waals surface area contributed by atoms with Crippen molar-refractivity contribution in [2.24, 2.45) is 0 Å². The summed E-state index contributed by atoms with van der Waals surface area (Å²) in [5, 5.41) is 12.1. The van der Waals surface area contributed by atoms with E-state index in [-0.39, 0.29) is 11.4 Å². The van der Waals surface area contributed by atoms with Crippen molar-refractivity contribution in [3.05, 3.63) is 11.5 Å². The van der Waals surface area contributed by atoms with Crippen LogP contribution in [0.2, 0.25) is 5.28 Å². The molecule has 1 atom stereocenters. The number of nitrogen functional groups attached to an aromatic ring is 1. The molecule has 0 aliphatic carbocycles. The number of anilines is 2. The smallest absolute Gasteiger partial charge is 0.224 e. The minimum Gasteiger partial charge on any atom is -0.394 e.